The maximum Gasteiger partial charge on any atom is 0.126 e. The number of rotatable bonds is 0. The van der Waals surface area contributed by atoms with Gasteiger partial charge < -0.3 is 0 Å². The third kappa shape index (κ3) is 1.26. The predicted octanol–water partition coefficient (Wildman–Crippen LogP) is 1.55. The van der Waals surface area contributed by atoms with Crippen molar-refractivity contribution >= 4 is 15.9 Å². The summed E-state index contributed by atoms with van der Waals surface area (Å²) < 4.78 is 14.7. The monoisotopic (exact) mass is 174 g/mol. The highest BCUT2D eigenvalue weighted by atomic mass is 79.9. The second-order valence-corrected chi connectivity index (χ2v) is 2.05. The third-order valence-corrected chi connectivity index (χ3v) is 1.01. The van der Waals surface area contributed by atoms with Gasteiger partial charge in [-0.3, -0.25) is 0 Å². The molecule has 1 heterocycles. The highest BCUT2D eigenvalue weighted by Crippen LogP contribution is 2.01. The average Bonchev–Trinajstić information content (AvgIpc) is 1.82. The van der Waals surface area contributed by atoms with Crippen LogP contribution in [-0.2, 0) is 0 Å². The van der Waals surface area contributed by atoms with Gasteiger partial charge in [0.25, 0.3) is 0 Å². The lowest BCUT2D eigenvalue weighted by Crippen LogP contribution is -1.83. The van der Waals surface area contributed by atoms with E-state index >= 15 is 0 Å². The van der Waals surface area contributed by atoms with E-state index < -0.39 is 0 Å². The standard InChI is InChI=1S/C5H5BrN2/c1-4-7-3-2-5(6)8-4/h2-3H,1H3/i2D,3D. The molecule has 0 saturated heterocycles. The van der Waals surface area contributed by atoms with Crippen molar-refractivity contribution in [1.29, 1.82) is 0 Å². The van der Waals surface area contributed by atoms with Crippen molar-refractivity contribution in [2.45, 2.75) is 6.92 Å². The molecule has 0 aliphatic heterocycles. The molecule has 0 unspecified atom stereocenters. The Balaban J connectivity index is 3.31. The van der Waals surface area contributed by atoms with Gasteiger partial charge in [-0.2, -0.15) is 0 Å². The number of hydrogen-bond donors (Lipinski definition) is 0. The summed E-state index contributed by atoms with van der Waals surface area (Å²) in [5.41, 5.74) is 0. The highest BCUT2D eigenvalue weighted by Gasteiger charge is 1.85. The molecule has 0 bridgehead atoms. The molecule has 0 aliphatic rings. The SMILES string of the molecule is [2H]c1nc(C)nc(Br)c1[2H]. The number of halogens is 1. The Labute approximate surface area is 58.9 Å². The topological polar surface area (TPSA) is 25.8 Å². The van der Waals surface area contributed by atoms with Crippen molar-refractivity contribution in [3.63, 3.8) is 0 Å². The van der Waals surface area contributed by atoms with Gasteiger partial charge in [0.2, 0.25) is 0 Å². The van der Waals surface area contributed by atoms with Crippen molar-refractivity contribution in [2.24, 2.45) is 0 Å². The molecule has 0 spiro atoms. The largest absolute Gasteiger partial charge is 0.242 e. The molecular weight excluding hydrogens is 168 g/mol. The van der Waals surface area contributed by atoms with Gasteiger partial charge in [0, 0.05) is 6.17 Å². The van der Waals surface area contributed by atoms with Crippen LogP contribution >= 0.6 is 15.9 Å². The van der Waals surface area contributed by atoms with E-state index in [1.807, 2.05) is 0 Å². The van der Waals surface area contributed by atoms with Crippen molar-refractivity contribution in [3.8, 4) is 0 Å². The van der Waals surface area contributed by atoms with Gasteiger partial charge in [0.15, 0.2) is 0 Å². The zero-order chi connectivity index (χ0) is 7.72. The molecule has 0 aromatic carbocycles. The molecule has 0 aliphatic carbocycles. The van der Waals surface area contributed by atoms with Gasteiger partial charge in [0.1, 0.15) is 10.4 Å². The van der Waals surface area contributed by atoms with Gasteiger partial charge in [0.05, 0.1) is 2.74 Å². The minimum atomic E-state index is -0.0422. The summed E-state index contributed by atoms with van der Waals surface area (Å²) in [5, 5.41) is 0. The number of nitrogens with zero attached hydrogens (tertiary/aromatic N) is 2. The van der Waals surface area contributed by atoms with E-state index in [-0.39, 0.29) is 12.2 Å². The van der Waals surface area contributed by atoms with E-state index in [2.05, 4.69) is 25.9 Å². The zero-order valence-electron chi connectivity index (χ0n) is 6.27. The fourth-order valence-electron chi connectivity index (χ4n) is 0.350. The first-order valence-corrected chi connectivity index (χ1v) is 2.88. The van der Waals surface area contributed by atoms with Gasteiger partial charge >= 0.3 is 0 Å². The molecule has 1 aromatic rings. The molecule has 0 atom stereocenters. The maximum absolute atomic E-state index is 7.18. The summed E-state index contributed by atoms with van der Waals surface area (Å²) in [6, 6.07) is 0.0330. The van der Waals surface area contributed by atoms with Crippen molar-refractivity contribution in [3.05, 3.63) is 22.6 Å². The highest BCUT2D eigenvalue weighted by molar-refractivity contribution is 9.10. The number of aryl methyl sites for hydroxylation is 1. The molecule has 42 valence electrons. The average molecular weight is 175 g/mol. The Morgan fingerprint density at radius 1 is 1.88 bits per heavy atom. The molecule has 0 N–H and O–H groups in total. The van der Waals surface area contributed by atoms with Crippen molar-refractivity contribution < 1.29 is 2.74 Å². The van der Waals surface area contributed by atoms with E-state index in [1.165, 1.54) is 0 Å². The molecule has 2 nitrogen and oxygen atoms in total. The Bertz CT molecular complexity index is 241. The molecule has 1 rings (SSSR count). The van der Waals surface area contributed by atoms with Gasteiger partial charge in [-0.05, 0) is 28.9 Å². The lowest BCUT2D eigenvalue weighted by atomic mass is 10.6. The Kier molecular flexibility index (Phi) is 0.987. The van der Waals surface area contributed by atoms with Crippen LogP contribution in [0.3, 0.4) is 0 Å². The molecule has 3 heteroatoms. The third-order valence-electron chi connectivity index (χ3n) is 0.637. The molecule has 0 fully saturated rings. The second kappa shape index (κ2) is 2.22. The van der Waals surface area contributed by atoms with Crippen molar-refractivity contribution in [2.75, 3.05) is 0 Å². The predicted molar refractivity (Wildman–Crippen MR) is 34.5 cm³/mol. The number of aromatic nitrogens is 2. The fraction of sp³-hybridized carbons (Fsp3) is 0.200. The quantitative estimate of drug-likeness (QED) is 0.559. The summed E-state index contributed by atoms with van der Waals surface area (Å²) in [5.74, 6) is 0.507. The molecule has 8 heavy (non-hydrogen) atoms. The van der Waals surface area contributed by atoms with Crippen molar-refractivity contribution in [1.82, 2.24) is 9.97 Å². The Morgan fingerprint density at radius 3 is 3.25 bits per heavy atom. The van der Waals surface area contributed by atoms with Crippen LogP contribution < -0.4 is 0 Å². The van der Waals surface area contributed by atoms with Gasteiger partial charge in [-0.15, -0.1) is 0 Å². The maximum atomic E-state index is 7.18. The van der Waals surface area contributed by atoms with Crippen LogP contribution in [0.1, 0.15) is 8.57 Å². The minimum absolute atomic E-state index is 0.0330. The molecule has 0 radical (unpaired) electrons. The van der Waals surface area contributed by atoms with E-state index in [0.717, 1.165) is 0 Å². The van der Waals surface area contributed by atoms with Gasteiger partial charge in [-0.25, -0.2) is 9.97 Å². The van der Waals surface area contributed by atoms with E-state index in [4.69, 9.17) is 2.74 Å². The van der Waals surface area contributed by atoms with Crippen LogP contribution in [0, 0.1) is 6.92 Å². The first kappa shape index (κ1) is 3.56. The van der Waals surface area contributed by atoms with Crippen LogP contribution in [0.2, 0.25) is 0 Å². The van der Waals surface area contributed by atoms with Crippen LogP contribution in [0.25, 0.3) is 0 Å². The van der Waals surface area contributed by atoms with E-state index in [1.54, 1.807) is 6.92 Å². The summed E-state index contributed by atoms with van der Waals surface area (Å²) in [4.78, 5) is 7.50. The first-order valence-electron chi connectivity index (χ1n) is 3.08. The smallest absolute Gasteiger partial charge is 0.126 e. The molecule has 1 aromatic heterocycles. The summed E-state index contributed by atoms with van der Waals surface area (Å²) in [6.07, 6.45) is -0.0422. The van der Waals surface area contributed by atoms with Crippen LogP contribution in [0.5, 0.6) is 0 Å². The van der Waals surface area contributed by atoms with Crippen LogP contribution in [-0.4, -0.2) is 9.97 Å². The van der Waals surface area contributed by atoms with E-state index in [0.29, 0.717) is 10.4 Å². The molecular formula is C5H5BrN2. The number of hydrogen-bond acceptors (Lipinski definition) is 2. The Hall–Kier alpha value is -0.440. The summed E-state index contributed by atoms with van der Waals surface area (Å²) >= 11 is 3.04. The van der Waals surface area contributed by atoms with Crippen LogP contribution in [0.15, 0.2) is 16.8 Å². The molecule has 0 amide bonds. The lowest BCUT2D eigenvalue weighted by molar-refractivity contribution is 1.03. The lowest BCUT2D eigenvalue weighted by Gasteiger charge is -1.87. The fourth-order valence-corrected chi connectivity index (χ4v) is 0.695. The Morgan fingerprint density at radius 2 is 2.62 bits per heavy atom. The molecule has 0 saturated carbocycles. The second-order valence-electron chi connectivity index (χ2n) is 1.30. The summed E-state index contributed by atoms with van der Waals surface area (Å²) in [6.45, 7) is 1.68. The first-order chi connectivity index (χ1) is 4.61. The van der Waals surface area contributed by atoms with Crippen LogP contribution in [0.4, 0.5) is 0 Å². The van der Waals surface area contributed by atoms with E-state index in [9.17, 15) is 0 Å². The minimum Gasteiger partial charge on any atom is -0.242 e. The zero-order valence-corrected chi connectivity index (χ0v) is 5.86. The van der Waals surface area contributed by atoms with Gasteiger partial charge in [-0.1, -0.05) is 0 Å². The summed E-state index contributed by atoms with van der Waals surface area (Å²) in [7, 11) is 0. The normalized spacial score (nSPS) is 12.8.